The lowest BCUT2D eigenvalue weighted by molar-refractivity contribution is 0.189. The number of benzene rings is 1. The Balaban J connectivity index is 1.82. The van der Waals surface area contributed by atoms with Crippen molar-refractivity contribution >= 4 is 33.2 Å². The first kappa shape index (κ1) is 13.8. The standard InChI is InChI=1S/C11H10Cl2N4O2S/c12-8-1-2-10(13)11(5-8)20(18,19)16-6-9(7-16)17-4-3-14-15-17/h1-5,9H,6-7H2. The molecule has 0 unspecified atom stereocenters. The summed E-state index contributed by atoms with van der Waals surface area (Å²) in [6.45, 7) is 0.684. The van der Waals surface area contributed by atoms with E-state index in [1.54, 1.807) is 23.1 Å². The van der Waals surface area contributed by atoms with Crippen molar-refractivity contribution in [1.29, 1.82) is 0 Å². The molecular formula is C11H10Cl2N4O2S. The molecule has 1 aromatic carbocycles. The molecule has 0 bridgehead atoms. The molecule has 6 nitrogen and oxygen atoms in total. The Kier molecular flexibility index (Phi) is 3.45. The Morgan fingerprint density at radius 3 is 2.65 bits per heavy atom. The van der Waals surface area contributed by atoms with Crippen LogP contribution in [-0.4, -0.2) is 40.8 Å². The molecule has 0 N–H and O–H groups in total. The first-order valence-corrected chi connectivity index (χ1v) is 7.99. The summed E-state index contributed by atoms with van der Waals surface area (Å²) in [5, 5.41) is 8.06. The second-order valence-corrected chi connectivity index (χ2v) is 7.18. The van der Waals surface area contributed by atoms with Crippen LogP contribution in [0.5, 0.6) is 0 Å². The van der Waals surface area contributed by atoms with Crippen molar-refractivity contribution in [3.05, 3.63) is 40.6 Å². The number of halogens is 2. The van der Waals surface area contributed by atoms with Crippen LogP contribution in [0.25, 0.3) is 0 Å². The zero-order valence-corrected chi connectivity index (χ0v) is 12.5. The molecule has 2 aromatic rings. The molecule has 2 heterocycles. The molecule has 1 saturated heterocycles. The third-order valence-electron chi connectivity index (χ3n) is 3.15. The lowest BCUT2D eigenvalue weighted by Gasteiger charge is -2.37. The predicted molar refractivity (Wildman–Crippen MR) is 74.3 cm³/mol. The Bertz CT molecular complexity index is 727. The van der Waals surface area contributed by atoms with Gasteiger partial charge in [0, 0.05) is 24.3 Å². The van der Waals surface area contributed by atoms with Gasteiger partial charge in [-0.2, -0.15) is 4.31 Å². The molecule has 0 radical (unpaired) electrons. The van der Waals surface area contributed by atoms with Crippen LogP contribution < -0.4 is 0 Å². The number of aromatic nitrogens is 3. The average Bonchev–Trinajstić information content (AvgIpc) is 2.83. The molecule has 3 rings (SSSR count). The second-order valence-electron chi connectivity index (χ2n) is 4.43. The van der Waals surface area contributed by atoms with Crippen LogP contribution in [0.3, 0.4) is 0 Å². The van der Waals surface area contributed by atoms with Crippen molar-refractivity contribution in [3.8, 4) is 0 Å². The molecule has 0 amide bonds. The van der Waals surface area contributed by atoms with Crippen LogP contribution in [-0.2, 0) is 10.0 Å². The first-order chi connectivity index (χ1) is 9.48. The fourth-order valence-electron chi connectivity index (χ4n) is 2.01. The third-order valence-corrected chi connectivity index (χ3v) is 5.70. The molecule has 0 saturated carbocycles. The lowest BCUT2D eigenvalue weighted by Crippen LogP contribution is -2.50. The van der Waals surface area contributed by atoms with Gasteiger partial charge in [0.2, 0.25) is 10.0 Å². The number of sulfonamides is 1. The van der Waals surface area contributed by atoms with E-state index < -0.39 is 10.0 Å². The van der Waals surface area contributed by atoms with Crippen LogP contribution >= 0.6 is 23.2 Å². The van der Waals surface area contributed by atoms with Crippen molar-refractivity contribution in [2.24, 2.45) is 0 Å². The van der Waals surface area contributed by atoms with E-state index >= 15 is 0 Å². The van der Waals surface area contributed by atoms with Gasteiger partial charge in [0.05, 0.1) is 17.3 Å². The van der Waals surface area contributed by atoms with Crippen molar-refractivity contribution in [2.45, 2.75) is 10.9 Å². The van der Waals surface area contributed by atoms with Gasteiger partial charge in [-0.3, -0.25) is 0 Å². The molecule has 1 aliphatic rings. The highest BCUT2D eigenvalue weighted by Crippen LogP contribution is 2.32. The number of hydrogen-bond acceptors (Lipinski definition) is 4. The summed E-state index contributed by atoms with van der Waals surface area (Å²) < 4.78 is 27.9. The van der Waals surface area contributed by atoms with Gasteiger partial charge < -0.3 is 0 Å². The van der Waals surface area contributed by atoms with Gasteiger partial charge in [-0.25, -0.2) is 13.1 Å². The van der Waals surface area contributed by atoms with E-state index in [9.17, 15) is 8.42 Å². The normalized spacial score (nSPS) is 17.1. The predicted octanol–water partition coefficient (Wildman–Crippen LogP) is 1.83. The fraction of sp³-hybridized carbons (Fsp3) is 0.273. The summed E-state index contributed by atoms with van der Waals surface area (Å²) >= 11 is 11.8. The SMILES string of the molecule is O=S(=O)(c1cc(Cl)ccc1Cl)N1CC(n2ccnn2)C1. The van der Waals surface area contributed by atoms with Gasteiger partial charge in [0.1, 0.15) is 4.90 Å². The van der Waals surface area contributed by atoms with Crippen molar-refractivity contribution in [1.82, 2.24) is 19.3 Å². The van der Waals surface area contributed by atoms with Crippen molar-refractivity contribution in [2.75, 3.05) is 13.1 Å². The topological polar surface area (TPSA) is 68.1 Å². The number of nitrogens with zero attached hydrogens (tertiary/aromatic N) is 4. The van der Waals surface area contributed by atoms with E-state index in [-0.39, 0.29) is 16.0 Å². The monoisotopic (exact) mass is 332 g/mol. The largest absolute Gasteiger partial charge is 0.247 e. The Morgan fingerprint density at radius 2 is 2.00 bits per heavy atom. The van der Waals surface area contributed by atoms with Crippen LogP contribution in [0, 0.1) is 0 Å². The van der Waals surface area contributed by atoms with Crippen LogP contribution in [0.2, 0.25) is 10.0 Å². The van der Waals surface area contributed by atoms with E-state index in [4.69, 9.17) is 23.2 Å². The molecular weight excluding hydrogens is 323 g/mol. The summed E-state index contributed by atoms with van der Waals surface area (Å²) in [4.78, 5) is 0.0312. The van der Waals surface area contributed by atoms with Gasteiger partial charge in [-0.15, -0.1) is 5.10 Å². The summed E-state index contributed by atoms with van der Waals surface area (Å²) in [6.07, 6.45) is 3.27. The molecule has 0 spiro atoms. The number of rotatable bonds is 3. The van der Waals surface area contributed by atoms with Crippen LogP contribution in [0.1, 0.15) is 6.04 Å². The van der Waals surface area contributed by atoms with E-state index in [0.29, 0.717) is 18.1 Å². The van der Waals surface area contributed by atoms with E-state index in [1.807, 2.05) is 0 Å². The molecule has 1 aliphatic heterocycles. The highest BCUT2D eigenvalue weighted by molar-refractivity contribution is 7.89. The average molecular weight is 333 g/mol. The number of hydrogen-bond donors (Lipinski definition) is 0. The minimum absolute atomic E-state index is 0.00485. The van der Waals surface area contributed by atoms with Gasteiger partial charge in [0.15, 0.2) is 0 Å². The first-order valence-electron chi connectivity index (χ1n) is 5.79. The van der Waals surface area contributed by atoms with Gasteiger partial charge >= 0.3 is 0 Å². The third kappa shape index (κ3) is 2.31. The van der Waals surface area contributed by atoms with Crippen molar-refractivity contribution < 1.29 is 8.42 Å². The molecule has 1 fully saturated rings. The molecule has 9 heteroatoms. The van der Waals surface area contributed by atoms with Gasteiger partial charge in [-0.1, -0.05) is 28.4 Å². The molecule has 106 valence electrons. The summed E-state index contributed by atoms with van der Waals surface area (Å²) in [7, 11) is -3.62. The molecule has 0 atom stereocenters. The van der Waals surface area contributed by atoms with E-state index in [1.165, 1.54) is 16.4 Å². The summed E-state index contributed by atoms with van der Waals surface area (Å²) in [6, 6.07) is 4.40. The van der Waals surface area contributed by atoms with Gasteiger partial charge in [-0.05, 0) is 18.2 Å². The smallest absolute Gasteiger partial charge is 0.244 e. The second kappa shape index (κ2) is 5.00. The summed E-state index contributed by atoms with van der Waals surface area (Å²) in [5.41, 5.74) is 0. The molecule has 0 aliphatic carbocycles. The maximum Gasteiger partial charge on any atom is 0.244 e. The highest BCUT2D eigenvalue weighted by atomic mass is 35.5. The van der Waals surface area contributed by atoms with Gasteiger partial charge in [0.25, 0.3) is 0 Å². The Labute approximate surface area is 125 Å². The van der Waals surface area contributed by atoms with Crippen molar-refractivity contribution in [3.63, 3.8) is 0 Å². The fourth-order valence-corrected chi connectivity index (χ4v) is 4.26. The van der Waals surface area contributed by atoms with Crippen LogP contribution in [0.15, 0.2) is 35.5 Å². The van der Waals surface area contributed by atoms with Crippen LogP contribution in [0.4, 0.5) is 0 Å². The minimum atomic E-state index is -3.62. The Morgan fingerprint density at radius 1 is 1.25 bits per heavy atom. The Hall–Kier alpha value is -1.15. The zero-order chi connectivity index (χ0) is 14.3. The molecule has 1 aromatic heterocycles. The maximum absolute atomic E-state index is 12.4. The summed E-state index contributed by atoms with van der Waals surface area (Å²) in [5.74, 6) is 0. The highest BCUT2D eigenvalue weighted by Gasteiger charge is 2.39. The molecule has 20 heavy (non-hydrogen) atoms. The van der Waals surface area contributed by atoms with E-state index in [0.717, 1.165) is 0 Å². The zero-order valence-electron chi connectivity index (χ0n) is 10.1. The van der Waals surface area contributed by atoms with E-state index in [2.05, 4.69) is 10.3 Å². The lowest BCUT2D eigenvalue weighted by atomic mass is 10.2. The maximum atomic E-state index is 12.4. The minimum Gasteiger partial charge on any atom is -0.247 e. The quantitative estimate of drug-likeness (QED) is 0.859.